The first-order chi connectivity index (χ1) is 26.6. The number of hydrogen-bond donors (Lipinski definition) is 5. The summed E-state index contributed by atoms with van der Waals surface area (Å²) in [5.74, 6) is 2.13. The number of hydrogen-bond acceptors (Lipinski definition) is 15. The molecular weight excluding hydrogens is 775 g/mol. The highest BCUT2D eigenvalue weighted by molar-refractivity contribution is 8.02. The standard InChI is InChI=1S/C35H37N15OS4/c1-20(2)7-27(52-6)43-31-33-37-13-26(50(33)16-30(46-31)55-35-38-18-41-47-35)24-11-42-48(14-24)19-54-28(8-21(3)4)44-32-34-36-12-25(23-9-39-40-10-23)49(34)15-29(45-32)53-17-22(5)51/h7-16,18,22,51H,1,3,17,19H2,2,4-6H3,(H,39,40)(H,43,46)(H,44,45)(H,38,41,47)/b27-7-,28-8-. The zero-order valence-electron chi connectivity index (χ0n) is 30.3. The van der Waals surface area contributed by atoms with Gasteiger partial charge in [-0.05, 0) is 50.9 Å². The van der Waals surface area contributed by atoms with E-state index in [4.69, 9.17) is 25.0 Å². The van der Waals surface area contributed by atoms with Gasteiger partial charge in [-0.15, -0.1) is 23.5 Å². The molecule has 0 bridgehead atoms. The lowest BCUT2D eigenvalue weighted by atomic mass is 10.3. The van der Waals surface area contributed by atoms with Crippen molar-refractivity contribution in [3.63, 3.8) is 0 Å². The van der Waals surface area contributed by atoms with Gasteiger partial charge in [0.1, 0.15) is 16.4 Å². The molecule has 0 fully saturated rings. The maximum atomic E-state index is 9.99. The third-order valence-corrected chi connectivity index (χ3v) is 11.1. The number of H-pyrrole nitrogens is 2. The highest BCUT2D eigenvalue weighted by Gasteiger charge is 2.18. The van der Waals surface area contributed by atoms with Crippen LogP contribution in [0.5, 0.6) is 0 Å². The maximum absolute atomic E-state index is 9.99. The van der Waals surface area contributed by atoms with E-state index in [2.05, 4.69) is 49.2 Å². The summed E-state index contributed by atoms with van der Waals surface area (Å²) in [6.45, 7) is 13.8. The molecule has 0 radical (unpaired) electrons. The topological polar surface area (TPSA) is 193 Å². The molecule has 55 heavy (non-hydrogen) atoms. The molecule has 0 aliphatic carbocycles. The highest BCUT2D eigenvalue weighted by atomic mass is 32.2. The van der Waals surface area contributed by atoms with E-state index < -0.39 is 6.10 Å². The Kier molecular flexibility index (Phi) is 11.8. The van der Waals surface area contributed by atoms with E-state index in [9.17, 15) is 5.11 Å². The Hall–Kier alpha value is -5.28. The molecule has 0 amide bonds. The first kappa shape index (κ1) is 38.0. The Morgan fingerprint density at radius 1 is 0.873 bits per heavy atom. The smallest absolute Gasteiger partial charge is 0.189 e. The van der Waals surface area contributed by atoms with Crippen molar-refractivity contribution in [2.75, 3.05) is 22.6 Å². The Labute approximate surface area is 332 Å². The van der Waals surface area contributed by atoms with E-state index >= 15 is 0 Å². The van der Waals surface area contributed by atoms with Gasteiger partial charge in [-0.1, -0.05) is 36.1 Å². The van der Waals surface area contributed by atoms with Crippen LogP contribution in [0.4, 0.5) is 11.6 Å². The summed E-state index contributed by atoms with van der Waals surface area (Å²) in [5.41, 5.74) is 6.53. The fourth-order valence-corrected chi connectivity index (χ4v) is 8.05. The number of aromatic nitrogens is 13. The van der Waals surface area contributed by atoms with Gasteiger partial charge in [0.25, 0.3) is 0 Å². The summed E-state index contributed by atoms with van der Waals surface area (Å²) in [4.78, 5) is 23.5. The molecule has 282 valence electrons. The molecule has 7 aromatic rings. The molecule has 7 rings (SSSR count). The third kappa shape index (κ3) is 9.16. The van der Waals surface area contributed by atoms with Crippen molar-refractivity contribution in [1.29, 1.82) is 0 Å². The second kappa shape index (κ2) is 17.0. The number of rotatable bonds is 17. The molecule has 0 saturated heterocycles. The van der Waals surface area contributed by atoms with Gasteiger partial charge < -0.3 is 15.7 Å². The number of thioether (sulfide) groups is 3. The number of aliphatic hydroxyl groups excluding tert-OH is 1. The Morgan fingerprint density at radius 2 is 1.55 bits per heavy atom. The predicted octanol–water partition coefficient (Wildman–Crippen LogP) is 7.18. The molecule has 0 saturated carbocycles. The van der Waals surface area contributed by atoms with Crippen LogP contribution < -0.4 is 10.6 Å². The van der Waals surface area contributed by atoms with Crippen molar-refractivity contribution in [1.82, 2.24) is 63.9 Å². The number of allylic oxidation sites excluding steroid dienone is 4. The van der Waals surface area contributed by atoms with Crippen LogP contribution in [0.15, 0.2) is 118 Å². The fraction of sp³-hybridized carbons (Fsp3) is 0.200. The Morgan fingerprint density at radius 3 is 2.18 bits per heavy atom. The molecule has 5 N–H and O–H groups in total. The number of aliphatic hydroxyl groups is 1. The van der Waals surface area contributed by atoms with Gasteiger partial charge in [0.15, 0.2) is 28.1 Å². The third-order valence-electron chi connectivity index (χ3n) is 7.54. The van der Waals surface area contributed by atoms with Gasteiger partial charge in [-0.2, -0.15) is 15.3 Å². The van der Waals surface area contributed by atoms with Gasteiger partial charge in [0.05, 0.1) is 58.2 Å². The van der Waals surface area contributed by atoms with Crippen molar-refractivity contribution in [2.45, 2.75) is 48.0 Å². The SMILES string of the molecule is C=C(C)/C=C(/Nc1nc(Sc2ncn[nH]2)cn2c(-c3cnn(CS/C(=C\C(=C)C)Nc4nc(SCC(C)O)cn5c(-c6cn[nH]c6)cnc45)c3)cnc12)SC. The number of anilines is 2. The minimum Gasteiger partial charge on any atom is -0.393 e. The van der Waals surface area contributed by atoms with E-state index in [0.717, 1.165) is 48.7 Å². The molecule has 0 spiro atoms. The monoisotopic (exact) mass is 811 g/mol. The highest BCUT2D eigenvalue weighted by Crippen LogP contribution is 2.33. The molecule has 1 atom stereocenters. The van der Waals surface area contributed by atoms with Crippen LogP contribution in [0, 0.1) is 0 Å². The number of aromatic amines is 2. The summed E-state index contributed by atoms with van der Waals surface area (Å²) < 4.78 is 5.84. The largest absolute Gasteiger partial charge is 0.393 e. The Bertz CT molecular complexity index is 2510. The summed E-state index contributed by atoms with van der Waals surface area (Å²) in [7, 11) is 0. The molecule has 0 aliphatic rings. The van der Waals surface area contributed by atoms with E-state index in [1.54, 1.807) is 42.8 Å². The maximum Gasteiger partial charge on any atom is 0.189 e. The normalized spacial score (nSPS) is 12.8. The average molecular weight is 812 g/mol. The molecule has 0 aromatic carbocycles. The Balaban J connectivity index is 1.16. The first-order valence-electron chi connectivity index (χ1n) is 16.7. The van der Waals surface area contributed by atoms with Crippen molar-refractivity contribution >= 4 is 70.0 Å². The predicted molar refractivity (Wildman–Crippen MR) is 222 cm³/mol. The van der Waals surface area contributed by atoms with Crippen molar-refractivity contribution in [3.05, 3.63) is 102 Å². The van der Waals surface area contributed by atoms with Crippen molar-refractivity contribution in [2.24, 2.45) is 0 Å². The second-order valence-electron chi connectivity index (χ2n) is 12.3. The summed E-state index contributed by atoms with van der Waals surface area (Å²) in [6.07, 6.45) is 21.7. The zero-order chi connectivity index (χ0) is 38.5. The summed E-state index contributed by atoms with van der Waals surface area (Å²) in [5, 5.41) is 39.2. The summed E-state index contributed by atoms with van der Waals surface area (Å²) in [6, 6.07) is 0. The van der Waals surface area contributed by atoms with Gasteiger partial charge in [0.2, 0.25) is 0 Å². The van der Waals surface area contributed by atoms with Gasteiger partial charge in [-0.25, -0.2) is 24.9 Å². The molecule has 7 heterocycles. The lowest BCUT2D eigenvalue weighted by Gasteiger charge is -2.14. The molecule has 7 aromatic heterocycles. The quantitative estimate of drug-likeness (QED) is 0.0458. The van der Waals surface area contributed by atoms with Crippen molar-refractivity contribution < 1.29 is 5.11 Å². The summed E-state index contributed by atoms with van der Waals surface area (Å²) >= 11 is 5.93. The molecule has 20 heteroatoms. The lowest BCUT2D eigenvalue weighted by Crippen LogP contribution is -2.07. The minimum atomic E-state index is -0.489. The second-order valence-corrected chi connectivity index (χ2v) is 16.2. The van der Waals surface area contributed by atoms with E-state index in [-0.39, 0.29) is 0 Å². The van der Waals surface area contributed by atoms with E-state index in [1.165, 1.54) is 29.9 Å². The minimum absolute atomic E-state index is 0.480. The molecule has 16 nitrogen and oxygen atoms in total. The molecular formula is C35H37N15OS4. The average Bonchev–Trinajstić information content (AvgIpc) is 3.99. The molecule has 0 aliphatic heterocycles. The van der Waals surface area contributed by atoms with Crippen molar-refractivity contribution in [3.8, 4) is 22.5 Å². The zero-order valence-corrected chi connectivity index (χ0v) is 33.5. The lowest BCUT2D eigenvalue weighted by molar-refractivity contribution is 0.220. The van der Waals surface area contributed by atoms with E-state index in [1.807, 2.05) is 82.9 Å². The molecule has 1 unspecified atom stereocenters. The van der Waals surface area contributed by atoms with Crippen LogP contribution in [-0.4, -0.2) is 87.1 Å². The van der Waals surface area contributed by atoms with Gasteiger partial charge in [-0.3, -0.25) is 23.7 Å². The van der Waals surface area contributed by atoms with Crippen LogP contribution in [0.25, 0.3) is 33.8 Å². The number of fused-ring (bicyclic) bond motifs is 2. The first-order valence-corrected chi connectivity index (χ1v) is 20.7. The number of nitrogens with one attached hydrogen (secondary N) is 4. The number of imidazole rings is 2. The van der Waals surface area contributed by atoms with Crippen LogP contribution >= 0.6 is 47.0 Å². The number of nitrogens with zero attached hydrogens (tertiary/aromatic N) is 11. The van der Waals surface area contributed by atoms with Gasteiger partial charge in [0, 0.05) is 41.7 Å². The van der Waals surface area contributed by atoms with Crippen LogP contribution in [0.1, 0.15) is 20.8 Å². The van der Waals surface area contributed by atoms with Crippen LogP contribution in [-0.2, 0) is 5.88 Å². The van der Waals surface area contributed by atoms with Gasteiger partial charge >= 0.3 is 0 Å². The van der Waals surface area contributed by atoms with E-state index in [0.29, 0.717) is 44.7 Å². The fourth-order valence-electron chi connectivity index (χ4n) is 5.23. The van der Waals surface area contributed by atoms with Crippen LogP contribution in [0.3, 0.4) is 0 Å². The van der Waals surface area contributed by atoms with Crippen LogP contribution in [0.2, 0.25) is 0 Å².